The molecule has 0 saturated carbocycles. The van der Waals surface area contributed by atoms with Gasteiger partial charge in [0.25, 0.3) is 0 Å². The second kappa shape index (κ2) is 13.4. The van der Waals surface area contributed by atoms with Crippen molar-refractivity contribution in [3.05, 3.63) is 212 Å². The minimum absolute atomic E-state index is 0.868. The fourth-order valence-electron chi connectivity index (χ4n) is 7.77. The van der Waals surface area contributed by atoms with Crippen LogP contribution in [0.4, 0.5) is 17.1 Å². The quantitative estimate of drug-likeness (QED) is 0.166. The highest BCUT2D eigenvalue weighted by molar-refractivity contribution is 6.17. The third-order valence-corrected chi connectivity index (χ3v) is 10.4. The fourth-order valence-corrected chi connectivity index (χ4v) is 7.77. The van der Waals surface area contributed by atoms with Crippen LogP contribution in [-0.4, -0.2) is 0 Å². The molecule has 0 aliphatic heterocycles. The van der Waals surface area contributed by atoms with Crippen LogP contribution in [0.5, 0.6) is 0 Å². The standard InChI is InChI=1S/C52H35NO/c1-3-13-36(14-4-1)39-25-27-40(28-26-39)43-20-12-22-46(35-43)53(45-21-11-19-42(34-45)37-15-5-2-6-16-37)49-32-31-47(44-30-29-38-17-7-8-18-41(38)33-44)52-51(49)48-23-9-10-24-50(48)54-52/h1-35H. The van der Waals surface area contributed by atoms with E-state index in [1.165, 1.54) is 33.0 Å². The monoisotopic (exact) mass is 689 g/mol. The van der Waals surface area contributed by atoms with E-state index in [1.807, 2.05) is 6.07 Å². The third kappa shape index (κ3) is 5.71. The molecule has 0 amide bonds. The molecular formula is C52H35NO. The molecule has 2 heteroatoms. The lowest BCUT2D eigenvalue weighted by molar-refractivity contribution is 0.670. The van der Waals surface area contributed by atoms with E-state index in [4.69, 9.17) is 4.42 Å². The first-order valence-corrected chi connectivity index (χ1v) is 18.4. The molecular weight excluding hydrogens is 655 g/mol. The number of hydrogen-bond donors (Lipinski definition) is 0. The summed E-state index contributed by atoms with van der Waals surface area (Å²) in [5.74, 6) is 0. The SMILES string of the molecule is c1ccc(-c2ccc(-c3cccc(N(c4cccc(-c5ccccc5)c4)c4ccc(-c5ccc6ccccc6c5)c5oc6ccccc6c45)c3)cc2)cc1. The van der Waals surface area contributed by atoms with Gasteiger partial charge in [-0.2, -0.15) is 0 Å². The minimum atomic E-state index is 0.868. The highest BCUT2D eigenvalue weighted by atomic mass is 16.3. The number of fused-ring (bicyclic) bond motifs is 4. The molecule has 0 N–H and O–H groups in total. The Morgan fingerprint density at radius 2 is 0.852 bits per heavy atom. The molecule has 2 nitrogen and oxygen atoms in total. The second-order valence-electron chi connectivity index (χ2n) is 13.7. The number of nitrogens with zero attached hydrogens (tertiary/aromatic N) is 1. The van der Waals surface area contributed by atoms with E-state index in [0.29, 0.717) is 0 Å². The lowest BCUT2D eigenvalue weighted by Crippen LogP contribution is -2.10. The molecule has 0 fully saturated rings. The van der Waals surface area contributed by atoms with Crippen molar-refractivity contribution < 1.29 is 4.42 Å². The Bertz CT molecular complexity index is 2920. The average molecular weight is 690 g/mol. The van der Waals surface area contributed by atoms with Gasteiger partial charge in [0.1, 0.15) is 11.2 Å². The molecule has 10 rings (SSSR count). The molecule has 254 valence electrons. The summed E-state index contributed by atoms with van der Waals surface area (Å²) >= 11 is 0. The van der Waals surface area contributed by atoms with Crippen molar-refractivity contribution in [2.45, 2.75) is 0 Å². The zero-order valence-corrected chi connectivity index (χ0v) is 29.6. The second-order valence-corrected chi connectivity index (χ2v) is 13.7. The molecule has 0 saturated heterocycles. The fraction of sp³-hybridized carbons (Fsp3) is 0. The summed E-state index contributed by atoms with van der Waals surface area (Å²) in [5.41, 5.74) is 14.2. The third-order valence-electron chi connectivity index (χ3n) is 10.4. The van der Waals surface area contributed by atoms with Crippen molar-refractivity contribution in [1.82, 2.24) is 0 Å². The summed E-state index contributed by atoms with van der Waals surface area (Å²) < 4.78 is 6.82. The molecule has 0 unspecified atom stereocenters. The first-order valence-electron chi connectivity index (χ1n) is 18.4. The van der Waals surface area contributed by atoms with Gasteiger partial charge in [0.15, 0.2) is 0 Å². The predicted octanol–water partition coefficient (Wildman–Crippen LogP) is 14.9. The lowest BCUT2D eigenvalue weighted by atomic mass is 9.97. The van der Waals surface area contributed by atoms with Crippen molar-refractivity contribution in [3.8, 4) is 44.5 Å². The van der Waals surface area contributed by atoms with Crippen molar-refractivity contribution in [1.29, 1.82) is 0 Å². The summed E-state index contributed by atoms with van der Waals surface area (Å²) in [6.07, 6.45) is 0. The number of rotatable bonds is 7. The molecule has 10 aromatic rings. The van der Waals surface area contributed by atoms with Gasteiger partial charge in [0, 0.05) is 22.3 Å². The zero-order valence-electron chi connectivity index (χ0n) is 29.6. The molecule has 0 bridgehead atoms. The maximum Gasteiger partial charge on any atom is 0.145 e. The van der Waals surface area contributed by atoms with Crippen LogP contribution < -0.4 is 4.90 Å². The van der Waals surface area contributed by atoms with Crippen molar-refractivity contribution in [2.24, 2.45) is 0 Å². The van der Waals surface area contributed by atoms with Gasteiger partial charge in [0.2, 0.25) is 0 Å². The molecule has 1 heterocycles. The summed E-state index contributed by atoms with van der Waals surface area (Å²) in [5, 5.41) is 4.59. The van der Waals surface area contributed by atoms with Crippen LogP contribution in [0, 0.1) is 0 Å². The van der Waals surface area contributed by atoms with E-state index in [9.17, 15) is 0 Å². The van der Waals surface area contributed by atoms with Crippen LogP contribution in [0.2, 0.25) is 0 Å². The van der Waals surface area contributed by atoms with Gasteiger partial charge in [0.05, 0.1) is 11.1 Å². The van der Waals surface area contributed by atoms with E-state index in [-0.39, 0.29) is 0 Å². The van der Waals surface area contributed by atoms with E-state index < -0.39 is 0 Å². The molecule has 0 radical (unpaired) electrons. The Morgan fingerprint density at radius 1 is 0.333 bits per heavy atom. The molecule has 1 aromatic heterocycles. The molecule has 0 aliphatic rings. The van der Waals surface area contributed by atoms with E-state index >= 15 is 0 Å². The Morgan fingerprint density at radius 3 is 1.54 bits per heavy atom. The maximum atomic E-state index is 6.82. The first-order chi connectivity index (χ1) is 26.8. The average Bonchev–Trinajstić information content (AvgIpc) is 3.65. The van der Waals surface area contributed by atoms with Crippen LogP contribution in [-0.2, 0) is 0 Å². The van der Waals surface area contributed by atoms with Crippen molar-refractivity contribution in [2.75, 3.05) is 4.90 Å². The van der Waals surface area contributed by atoms with Crippen LogP contribution >= 0.6 is 0 Å². The lowest BCUT2D eigenvalue weighted by Gasteiger charge is -2.27. The smallest absolute Gasteiger partial charge is 0.145 e. The number of anilines is 3. The maximum absolute atomic E-state index is 6.82. The van der Waals surface area contributed by atoms with Gasteiger partial charge in [-0.05, 0) is 98.2 Å². The number of furan rings is 1. The Hall–Kier alpha value is -7.16. The normalized spacial score (nSPS) is 11.3. The summed E-state index contributed by atoms with van der Waals surface area (Å²) in [7, 11) is 0. The van der Waals surface area contributed by atoms with Crippen LogP contribution in [0.25, 0.3) is 77.2 Å². The summed E-state index contributed by atoms with van der Waals surface area (Å²) in [4.78, 5) is 2.39. The Balaban J connectivity index is 1.18. The number of para-hydroxylation sites is 1. The molecule has 0 atom stereocenters. The van der Waals surface area contributed by atoms with Gasteiger partial charge >= 0.3 is 0 Å². The molecule has 0 aliphatic carbocycles. The van der Waals surface area contributed by atoms with E-state index in [2.05, 4.69) is 211 Å². The molecule has 9 aromatic carbocycles. The zero-order chi connectivity index (χ0) is 35.8. The van der Waals surface area contributed by atoms with E-state index in [0.717, 1.165) is 61.3 Å². The first kappa shape index (κ1) is 31.6. The molecule has 0 spiro atoms. The van der Waals surface area contributed by atoms with Gasteiger partial charge in [-0.25, -0.2) is 0 Å². The van der Waals surface area contributed by atoms with Crippen molar-refractivity contribution in [3.63, 3.8) is 0 Å². The summed E-state index contributed by atoms with van der Waals surface area (Å²) in [6, 6.07) is 75.8. The van der Waals surface area contributed by atoms with Gasteiger partial charge in [-0.1, -0.05) is 164 Å². The van der Waals surface area contributed by atoms with Crippen LogP contribution in [0.15, 0.2) is 217 Å². The highest BCUT2D eigenvalue weighted by Crippen LogP contribution is 2.47. The van der Waals surface area contributed by atoms with Gasteiger partial charge in [-0.3, -0.25) is 0 Å². The number of hydrogen-bond acceptors (Lipinski definition) is 2. The molecule has 54 heavy (non-hydrogen) atoms. The Kier molecular flexibility index (Phi) is 7.85. The predicted molar refractivity (Wildman–Crippen MR) is 228 cm³/mol. The van der Waals surface area contributed by atoms with Crippen LogP contribution in [0.1, 0.15) is 0 Å². The van der Waals surface area contributed by atoms with Gasteiger partial charge < -0.3 is 9.32 Å². The number of benzene rings is 9. The van der Waals surface area contributed by atoms with E-state index in [1.54, 1.807) is 0 Å². The van der Waals surface area contributed by atoms with Crippen molar-refractivity contribution >= 4 is 49.8 Å². The summed E-state index contributed by atoms with van der Waals surface area (Å²) in [6.45, 7) is 0. The largest absolute Gasteiger partial charge is 0.455 e. The highest BCUT2D eigenvalue weighted by Gasteiger charge is 2.23. The Labute approximate surface area is 314 Å². The van der Waals surface area contributed by atoms with Gasteiger partial charge in [-0.15, -0.1) is 0 Å². The minimum Gasteiger partial charge on any atom is -0.455 e. The van der Waals surface area contributed by atoms with Crippen LogP contribution in [0.3, 0.4) is 0 Å². The topological polar surface area (TPSA) is 16.4 Å².